The maximum absolute atomic E-state index is 9.03. The van der Waals surface area contributed by atoms with Crippen LogP contribution in [0.25, 0.3) is 0 Å². The van der Waals surface area contributed by atoms with Crippen molar-refractivity contribution in [3.63, 3.8) is 0 Å². The van der Waals surface area contributed by atoms with Gasteiger partial charge in [0, 0.05) is 12.6 Å². The Balaban J connectivity index is 3.01. The van der Waals surface area contributed by atoms with Crippen LogP contribution in [0, 0.1) is 0 Å². The van der Waals surface area contributed by atoms with Crippen molar-refractivity contribution in [2.24, 2.45) is 0 Å². The second-order valence-corrected chi connectivity index (χ2v) is 3.77. The summed E-state index contributed by atoms with van der Waals surface area (Å²) < 4.78 is 5.22. The normalized spacial score (nSPS) is 12.5. The van der Waals surface area contributed by atoms with Gasteiger partial charge >= 0.3 is 0 Å². The van der Waals surface area contributed by atoms with E-state index in [-0.39, 0.29) is 12.6 Å². The lowest BCUT2D eigenvalue weighted by molar-refractivity contribution is 0.268. The summed E-state index contributed by atoms with van der Waals surface area (Å²) in [6.07, 6.45) is 1.70. The molecule has 1 unspecified atom stereocenters. The van der Waals surface area contributed by atoms with Crippen molar-refractivity contribution in [1.82, 2.24) is 5.32 Å². The van der Waals surface area contributed by atoms with E-state index in [2.05, 4.69) is 24.4 Å². The quantitative estimate of drug-likeness (QED) is 0.774. The minimum absolute atomic E-state index is 0.195. The molecule has 0 heterocycles. The fourth-order valence-corrected chi connectivity index (χ4v) is 1.94. The third-order valence-corrected chi connectivity index (χ3v) is 2.87. The molecule has 1 rings (SSSR count). The molecule has 0 aliphatic rings. The number of hydrogen-bond acceptors (Lipinski definition) is 3. The van der Waals surface area contributed by atoms with E-state index in [1.54, 1.807) is 7.11 Å². The second-order valence-electron chi connectivity index (χ2n) is 3.77. The Hall–Kier alpha value is -1.06. The number of aryl methyl sites for hydroxylation is 1. The molecule has 0 radical (unpaired) electrons. The summed E-state index contributed by atoms with van der Waals surface area (Å²) in [5.74, 6) is 0.888. The number of nitrogens with one attached hydrogen (secondary N) is 1. The third kappa shape index (κ3) is 2.97. The first kappa shape index (κ1) is 13.0. The van der Waals surface area contributed by atoms with Crippen LogP contribution in [-0.4, -0.2) is 25.9 Å². The first-order chi connectivity index (χ1) is 7.76. The van der Waals surface area contributed by atoms with Crippen LogP contribution in [-0.2, 0) is 6.42 Å². The van der Waals surface area contributed by atoms with Gasteiger partial charge in [0.05, 0.1) is 7.11 Å². The van der Waals surface area contributed by atoms with Crippen molar-refractivity contribution < 1.29 is 9.84 Å². The van der Waals surface area contributed by atoms with Gasteiger partial charge in [-0.15, -0.1) is 0 Å². The average molecular weight is 223 g/mol. The lowest BCUT2D eigenvalue weighted by Crippen LogP contribution is -2.19. The highest BCUT2D eigenvalue weighted by Crippen LogP contribution is 2.25. The number of hydrogen-bond donors (Lipinski definition) is 2. The van der Waals surface area contributed by atoms with Crippen molar-refractivity contribution in [1.29, 1.82) is 0 Å². The van der Waals surface area contributed by atoms with Crippen LogP contribution < -0.4 is 10.1 Å². The van der Waals surface area contributed by atoms with Gasteiger partial charge in [-0.05, 0) is 43.1 Å². The van der Waals surface area contributed by atoms with Crippen LogP contribution in [0.15, 0.2) is 18.2 Å². The van der Waals surface area contributed by atoms with Gasteiger partial charge in [-0.1, -0.05) is 13.0 Å². The molecule has 1 atom stereocenters. The molecule has 0 aliphatic heterocycles. The van der Waals surface area contributed by atoms with E-state index in [4.69, 9.17) is 9.84 Å². The highest BCUT2D eigenvalue weighted by atomic mass is 16.5. The Morgan fingerprint density at radius 3 is 2.69 bits per heavy atom. The molecule has 3 heteroatoms. The van der Waals surface area contributed by atoms with Crippen molar-refractivity contribution in [2.75, 3.05) is 20.8 Å². The molecule has 0 fully saturated rings. The van der Waals surface area contributed by atoms with Gasteiger partial charge in [-0.25, -0.2) is 0 Å². The largest absolute Gasteiger partial charge is 0.497 e. The molecular formula is C13H21NO2. The van der Waals surface area contributed by atoms with E-state index in [9.17, 15) is 0 Å². The van der Waals surface area contributed by atoms with E-state index in [0.29, 0.717) is 0 Å². The van der Waals surface area contributed by atoms with Gasteiger partial charge in [0.1, 0.15) is 5.75 Å². The Kier molecular flexibility index (Phi) is 5.29. The van der Waals surface area contributed by atoms with Crippen molar-refractivity contribution >= 4 is 0 Å². The Morgan fingerprint density at radius 1 is 1.44 bits per heavy atom. The molecule has 0 saturated heterocycles. The van der Waals surface area contributed by atoms with E-state index < -0.39 is 0 Å². The lowest BCUT2D eigenvalue weighted by atomic mass is 9.96. The van der Waals surface area contributed by atoms with Crippen LogP contribution in [0.4, 0.5) is 0 Å². The predicted octanol–water partition coefficient (Wildman–Crippen LogP) is 1.90. The van der Waals surface area contributed by atoms with Crippen LogP contribution in [0.1, 0.15) is 30.5 Å². The monoisotopic (exact) mass is 223 g/mol. The molecule has 0 amide bonds. The van der Waals surface area contributed by atoms with Gasteiger partial charge < -0.3 is 15.2 Å². The maximum Gasteiger partial charge on any atom is 0.119 e. The highest BCUT2D eigenvalue weighted by Gasteiger charge is 2.12. The number of methoxy groups -OCH3 is 1. The summed E-state index contributed by atoms with van der Waals surface area (Å²) in [6.45, 7) is 2.32. The van der Waals surface area contributed by atoms with Crippen molar-refractivity contribution in [3.05, 3.63) is 29.3 Å². The Bertz CT molecular complexity index is 326. The SMILES string of the molecule is CCc1cc(OC)ccc1C(CCO)NC. The van der Waals surface area contributed by atoms with Gasteiger partial charge in [-0.3, -0.25) is 0 Å². The average Bonchev–Trinajstić information content (AvgIpc) is 2.35. The van der Waals surface area contributed by atoms with Crippen LogP contribution in [0.2, 0.25) is 0 Å². The van der Waals surface area contributed by atoms with E-state index in [0.717, 1.165) is 18.6 Å². The van der Waals surface area contributed by atoms with E-state index in [1.807, 2.05) is 13.1 Å². The van der Waals surface area contributed by atoms with Gasteiger partial charge in [0.15, 0.2) is 0 Å². The molecule has 90 valence electrons. The number of rotatable bonds is 6. The molecule has 2 N–H and O–H groups in total. The maximum atomic E-state index is 9.03. The molecule has 0 saturated carbocycles. The number of benzene rings is 1. The number of ether oxygens (including phenoxy) is 1. The first-order valence-electron chi connectivity index (χ1n) is 5.71. The Morgan fingerprint density at radius 2 is 2.19 bits per heavy atom. The zero-order valence-electron chi connectivity index (χ0n) is 10.3. The molecule has 0 aromatic heterocycles. The minimum atomic E-state index is 0.195. The first-order valence-corrected chi connectivity index (χ1v) is 5.71. The minimum Gasteiger partial charge on any atom is -0.497 e. The summed E-state index contributed by atoms with van der Waals surface area (Å²) in [7, 11) is 3.60. The predicted molar refractivity (Wildman–Crippen MR) is 65.9 cm³/mol. The summed E-state index contributed by atoms with van der Waals surface area (Å²) in [4.78, 5) is 0. The number of aliphatic hydroxyl groups excluding tert-OH is 1. The molecule has 3 nitrogen and oxygen atoms in total. The van der Waals surface area contributed by atoms with Crippen molar-refractivity contribution in [2.45, 2.75) is 25.8 Å². The van der Waals surface area contributed by atoms with E-state index >= 15 is 0 Å². The summed E-state index contributed by atoms with van der Waals surface area (Å²) in [5.41, 5.74) is 2.52. The van der Waals surface area contributed by atoms with Gasteiger partial charge in [0.2, 0.25) is 0 Å². The fraction of sp³-hybridized carbons (Fsp3) is 0.538. The van der Waals surface area contributed by atoms with Crippen LogP contribution in [0.3, 0.4) is 0 Å². The topological polar surface area (TPSA) is 41.5 Å². The standard InChI is InChI=1S/C13H21NO2/c1-4-10-9-11(16-3)5-6-12(10)13(14-2)7-8-15/h5-6,9,13-15H,4,7-8H2,1-3H3. The molecule has 0 aliphatic carbocycles. The third-order valence-electron chi connectivity index (χ3n) is 2.87. The Labute approximate surface area is 97.4 Å². The van der Waals surface area contributed by atoms with Crippen molar-refractivity contribution in [3.8, 4) is 5.75 Å². The van der Waals surface area contributed by atoms with E-state index in [1.165, 1.54) is 11.1 Å². The zero-order chi connectivity index (χ0) is 12.0. The fourth-order valence-electron chi connectivity index (χ4n) is 1.94. The molecule has 16 heavy (non-hydrogen) atoms. The van der Waals surface area contributed by atoms with Gasteiger partial charge in [-0.2, -0.15) is 0 Å². The lowest BCUT2D eigenvalue weighted by Gasteiger charge is -2.19. The molecule has 0 spiro atoms. The molecule has 1 aromatic carbocycles. The second kappa shape index (κ2) is 6.51. The number of aliphatic hydroxyl groups is 1. The highest BCUT2D eigenvalue weighted by molar-refractivity contribution is 5.37. The molecule has 1 aromatic rings. The van der Waals surface area contributed by atoms with Crippen LogP contribution in [0.5, 0.6) is 5.75 Å². The molecule has 0 bridgehead atoms. The molecular weight excluding hydrogens is 202 g/mol. The smallest absolute Gasteiger partial charge is 0.119 e. The zero-order valence-corrected chi connectivity index (χ0v) is 10.3. The van der Waals surface area contributed by atoms with Crippen LogP contribution >= 0.6 is 0 Å². The van der Waals surface area contributed by atoms with Gasteiger partial charge in [0.25, 0.3) is 0 Å². The summed E-state index contributed by atoms with van der Waals surface area (Å²) in [6, 6.07) is 6.33. The summed E-state index contributed by atoms with van der Waals surface area (Å²) >= 11 is 0. The summed E-state index contributed by atoms with van der Waals surface area (Å²) in [5, 5.41) is 12.3.